The molecular weight excluding hydrogens is 140 g/mol. The predicted octanol–water partition coefficient (Wildman–Crippen LogP) is 1.27. The molecule has 1 rings (SSSR count). The summed E-state index contributed by atoms with van der Waals surface area (Å²) in [5, 5.41) is 0. The molecule has 0 bridgehead atoms. The van der Waals surface area contributed by atoms with Gasteiger partial charge in [0.25, 0.3) is 0 Å². The summed E-state index contributed by atoms with van der Waals surface area (Å²) in [5.41, 5.74) is 0. The van der Waals surface area contributed by atoms with Gasteiger partial charge < -0.3 is 8.83 Å². The van der Waals surface area contributed by atoms with Gasteiger partial charge in [0.05, 0.1) is 0 Å². The molecule has 0 aliphatic heterocycles. The molecule has 0 saturated carbocycles. The second-order valence-corrected chi connectivity index (χ2v) is 1.93. The first-order valence-corrected chi connectivity index (χ1v) is 2.71. The third-order valence-corrected chi connectivity index (χ3v) is 0.951. The Hall–Kier alpha value is -0.900. The van der Waals surface area contributed by atoms with Crippen LogP contribution < -0.4 is 5.82 Å². The van der Waals surface area contributed by atoms with Crippen molar-refractivity contribution < 1.29 is 8.83 Å². The number of hydrogen-bond acceptors (Lipinski definition) is 4. The topological polar surface area (TPSA) is 43.4 Å². The summed E-state index contributed by atoms with van der Waals surface area (Å²) < 4.78 is 8.98. The van der Waals surface area contributed by atoms with Crippen LogP contribution in [0, 0.1) is 11.6 Å². The van der Waals surface area contributed by atoms with Crippen molar-refractivity contribution in [1.29, 1.82) is 0 Å². The monoisotopic (exact) mass is 144 g/mol. The van der Waals surface area contributed by atoms with Crippen LogP contribution in [0.5, 0.6) is 0 Å². The Morgan fingerprint density at radius 3 is 2.67 bits per heavy atom. The van der Waals surface area contributed by atoms with Crippen molar-refractivity contribution in [2.45, 2.75) is 6.92 Å². The number of hydrogen-bond donors (Lipinski definition) is 0. The average molecular weight is 144 g/mol. The highest BCUT2D eigenvalue weighted by atomic mass is 32.1. The lowest BCUT2D eigenvalue weighted by molar-refractivity contribution is 0.299. The van der Waals surface area contributed by atoms with Gasteiger partial charge in [0, 0.05) is 6.07 Å². The van der Waals surface area contributed by atoms with Crippen LogP contribution in [0.1, 0.15) is 5.76 Å². The molecule has 3 nitrogen and oxygen atoms in total. The standard InChI is InChI=1S/C5H4O3S/c1-3-2-4(9)8-5(6)7-3/h2H,1H3. The highest BCUT2D eigenvalue weighted by molar-refractivity contribution is 7.71. The van der Waals surface area contributed by atoms with Gasteiger partial charge in [-0.2, -0.15) is 0 Å². The Balaban J connectivity index is 3.52. The summed E-state index contributed by atoms with van der Waals surface area (Å²) in [6, 6.07) is 1.47. The van der Waals surface area contributed by atoms with Gasteiger partial charge in [0.15, 0.2) is 0 Å². The van der Waals surface area contributed by atoms with Gasteiger partial charge >= 0.3 is 5.82 Å². The van der Waals surface area contributed by atoms with E-state index in [0.29, 0.717) is 5.76 Å². The smallest absolute Gasteiger partial charge is 0.399 e. The molecule has 4 heteroatoms. The Labute approximate surface area is 55.9 Å². The van der Waals surface area contributed by atoms with Crippen LogP contribution in [0.2, 0.25) is 0 Å². The summed E-state index contributed by atoms with van der Waals surface area (Å²) >= 11 is 4.56. The van der Waals surface area contributed by atoms with E-state index in [1.165, 1.54) is 6.07 Å². The van der Waals surface area contributed by atoms with E-state index in [-0.39, 0.29) is 4.71 Å². The molecule has 0 aliphatic carbocycles. The molecule has 0 fully saturated rings. The van der Waals surface area contributed by atoms with E-state index in [2.05, 4.69) is 21.1 Å². The maximum Gasteiger partial charge on any atom is 0.519 e. The van der Waals surface area contributed by atoms with Gasteiger partial charge in [-0.25, -0.2) is 4.79 Å². The highest BCUT2D eigenvalue weighted by Crippen LogP contribution is 1.91. The van der Waals surface area contributed by atoms with Crippen molar-refractivity contribution in [2.75, 3.05) is 0 Å². The summed E-state index contributed by atoms with van der Waals surface area (Å²) in [4.78, 5) is 10.3. The first-order chi connectivity index (χ1) is 4.18. The van der Waals surface area contributed by atoms with Gasteiger partial charge in [-0.1, -0.05) is 0 Å². The molecule has 0 aromatic carbocycles. The van der Waals surface area contributed by atoms with E-state index in [0.717, 1.165) is 0 Å². The molecule has 48 valence electrons. The van der Waals surface area contributed by atoms with Crippen LogP contribution in [0.4, 0.5) is 0 Å². The first kappa shape index (κ1) is 6.22. The van der Waals surface area contributed by atoms with Crippen LogP contribution in [-0.2, 0) is 0 Å². The molecule has 0 saturated heterocycles. The summed E-state index contributed by atoms with van der Waals surface area (Å²) in [7, 11) is 0. The van der Waals surface area contributed by atoms with Crippen LogP contribution in [0.3, 0.4) is 0 Å². The van der Waals surface area contributed by atoms with E-state index < -0.39 is 5.82 Å². The van der Waals surface area contributed by atoms with Crippen molar-refractivity contribution in [2.24, 2.45) is 0 Å². The van der Waals surface area contributed by atoms with E-state index in [1.54, 1.807) is 6.92 Å². The van der Waals surface area contributed by atoms with Crippen molar-refractivity contribution >= 4 is 12.2 Å². The van der Waals surface area contributed by atoms with Crippen LogP contribution in [-0.4, -0.2) is 0 Å². The molecular formula is C5H4O3S. The molecule has 0 atom stereocenters. The van der Waals surface area contributed by atoms with Crippen LogP contribution in [0.15, 0.2) is 19.7 Å². The van der Waals surface area contributed by atoms with E-state index >= 15 is 0 Å². The molecule has 0 spiro atoms. The molecule has 1 aromatic heterocycles. The number of rotatable bonds is 0. The van der Waals surface area contributed by atoms with Crippen LogP contribution >= 0.6 is 12.2 Å². The van der Waals surface area contributed by atoms with Gasteiger partial charge in [0.1, 0.15) is 5.76 Å². The largest absolute Gasteiger partial charge is 0.519 e. The zero-order valence-electron chi connectivity index (χ0n) is 4.71. The Morgan fingerprint density at radius 1 is 1.56 bits per heavy atom. The fraction of sp³-hybridized carbons (Fsp3) is 0.200. The van der Waals surface area contributed by atoms with Gasteiger partial charge in [0.2, 0.25) is 4.71 Å². The van der Waals surface area contributed by atoms with Crippen LogP contribution in [0.25, 0.3) is 0 Å². The third kappa shape index (κ3) is 1.50. The second-order valence-electron chi connectivity index (χ2n) is 1.53. The zero-order valence-corrected chi connectivity index (χ0v) is 5.53. The fourth-order valence-electron chi connectivity index (χ4n) is 0.459. The maximum absolute atomic E-state index is 10.3. The van der Waals surface area contributed by atoms with Gasteiger partial charge in [-0.15, -0.1) is 0 Å². The van der Waals surface area contributed by atoms with Crippen molar-refractivity contribution in [3.05, 3.63) is 27.2 Å². The Bertz CT molecular complexity index is 280. The minimum Gasteiger partial charge on any atom is -0.399 e. The Morgan fingerprint density at radius 2 is 2.22 bits per heavy atom. The molecule has 0 amide bonds. The molecule has 1 aromatic rings. The fourth-order valence-corrected chi connectivity index (χ4v) is 0.693. The summed E-state index contributed by atoms with van der Waals surface area (Å²) in [6.45, 7) is 1.63. The second kappa shape index (κ2) is 2.14. The molecule has 0 aliphatic rings. The lowest BCUT2D eigenvalue weighted by Crippen LogP contribution is -1.95. The summed E-state index contributed by atoms with van der Waals surface area (Å²) in [5.74, 6) is -0.281. The van der Waals surface area contributed by atoms with Crippen molar-refractivity contribution in [3.63, 3.8) is 0 Å². The molecule has 9 heavy (non-hydrogen) atoms. The minimum absolute atomic E-state index is 0.156. The lowest BCUT2D eigenvalue weighted by atomic mass is 10.5. The average Bonchev–Trinajstić information content (AvgIpc) is 1.59. The highest BCUT2D eigenvalue weighted by Gasteiger charge is 1.89. The van der Waals surface area contributed by atoms with E-state index in [4.69, 9.17) is 0 Å². The SMILES string of the molecule is Cc1cc(=S)oc(=O)o1. The third-order valence-electron chi connectivity index (χ3n) is 0.749. The number of aryl methyl sites for hydroxylation is 1. The quantitative estimate of drug-likeness (QED) is 0.514. The predicted molar refractivity (Wildman–Crippen MR) is 32.8 cm³/mol. The molecule has 0 N–H and O–H groups in total. The van der Waals surface area contributed by atoms with E-state index in [1.807, 2.05) is 0 Å². The minimum atomic E-state index is -0.750. The van der Waals surface area contributed by atoms with Gasteiger partial charge in [-0.05, 0) is 19.1 Å². The lowest BCUT2D eigenvalue weighted by Gasteiger charge is -1.84. The van der Waals surface area contributed by atoms with Crippen molar-refractivity contribution in [1.82, 2.24) is 0 Å². The van der Waals surface area contributed by atoms with Gasteiger partial charge in [-0.3, -0.25) is 0 Å². The molecule has 0 radical (unpaired) electrons. The summed E-state index contributed by atoms with van der Waals surface area (Å²) in [6.07, 6.45) is 0. The normalized spacial score (nSPS) is 9.44. The van der Waals surface area contributed by atoms with Crippen molar-refractivity contribution in [3.8, 4) is 0 Å². The zero-order chi connectivity index (χ0) is 6.85. The molecule has 0 unspecified atom stereocenters. The molecule has 1 heterocycles. The Kier molecular flexibility index (Phi) is 1.48. The van der Waals surface area contributed by atoms with E-state index in [9.17, 15) is 4.79 Å². The first-order valence-electron chi connectivity index (χ1n) is 2.30. The maximum atomic E-state index is 10.3.